The maximum atomic E-state index is 13.6. The molecule has 142 valence electrons. The normalized spacial score (nSPS) is 26.3. The van der Waals surface area contributed by atoms with Gasteiger partial charge in [0.05, 0.1) is 17.5 Å². The van der Waals surface area contributed by atoms with Gasteiger partial charge in [0.15, 0.2) is 0 Å². The maximum Gasteiger partial charge on any atom is 0.238 e. The molecule has 3 aromatic rings. The van der Waals surface area contributed by atoms with Gasteiger partial charge in [-0.25, -0.2) is 4.90 Å². The largest absolute Gasteiger partial charge is 0.274 e. The SMILES string of the molecule is Cc1ccc2c(c1)[C@H]1c3ccccc3[C@H]2[C@@H]2C(=O)N(c3cccc(Cl)c3)C(=O)[C@H]12. The number of aryl methyl sites for hydroxylation is 1. The minimum absolute atomic E-state index is 0.0857. The van der Waals surface area contributed by atoms with Crippen LogP contribution in [0.25, 0.3) is 0 Å². The smallest absolute Gasteiger partial charge is 0.238 e. The summed E-state index contributed by atoms with van der Waals surface area (Å²) in [5.41, 5.74) is 6.49. The first-order valence-electron chi connectivity index (χ1n) is 9.89. The number of hydrogen-bond donors (Lipinski definition) is 0. The highest BCUT2D eigenvalue weighted by atomic mass is 35.5. The summed E-state index contributed by atoms with van der Waals surface area (Å²) in [5, 5.41) is 0.517. The summed E-state index contributed by atoms with van der Waals surface area (Å²) in [6.07, 6.45) is 0. The first kappa shape index (κ1) is 17.0. The van der Waals surface area contributed by atoms with Crippen LogP contribution >= 0.6 is 11.6 Å². The van der Waals surface area contributed by atoms with E-state index in [4.69, 9.17) is 11.6 Å². The number of amides is 2. The van der Waals surface area contributed by atoms with E-state index in [-0.39, 0.29) is 35.5 Å². The Kier molecular flexibility index (Phi) is 3.40. The van der Waals surface area contributed by atoms with Crippen molar-refractivity contribution in [2.75, 3.05) is 4.90 Å². The Morgan fingerprint density at radius 1 is 0.724 bits per heavy atom. The van der Waals surface area contributed by atoms with Crippen molar-refractivity contribution < 1.29 is 9.59 Å². The van der Waals surface area contributed by atoms with Crippen LogP contribution in [-0.4, -0.2) is 11.8 Å². The number of halogens is 1. The van der Waals surface area contributed by atoms with Crippen molar-refractivity contribution in [2.24, 2.45) is 11.8 Å². The molecule has 2 bridgehead atoms. The highest BCUT2D eigenvalue weighted by Crippen LogP contribution is 2.61. The predicted molar refractivity (Wildman–Crippen MR) is 112 cm³/mol. The molecule has 3 aliphatic carbocycles. The van der Waals surface area contributed by atoms with E-state index in [1.54, 1.807) is 24.3 Å². The van der Waals surface area contributed by atoms with Crippen LogP contribution < -0.4 is 4.90 Å². The van der Waals surface area contributed by atoms with Crippen molar-refractivity contribution in [3.05, 3.63) is 99.6 Å². The van der Waals surface area contributed by atoms with E-state index in [1.165, 1.54) is 32.7 Å². The van der Waals surface area contributed by atoms with Gasteiger partial charge < -0.3 is 0 Å². The third kappa shape index (κ3) is 2.14. The van der Waals surface area contributed by atoms with E-state index in [2.05, 4.69) is 37.3 Å². The molecule has 0 N–H and O–H groups in total. The number of imide groups is 1. The van der Waals surface area contributed by atoms with Crippen molar-refractivity contribution in [1.29, 1.82) is 0 Å². The second kappa shape index (κ2) is 5.80. The highest BCUT2D eigenvalue weighted by molar-refractivity contribution is 6.31. The molecule has 0 aromatic heterocycles. The molecule has 1 aliphatic heterocycles. The number of carbonyl (C=O) groups is 2. The molecule has 1 saturated heterocycles. The van der Waals surface area contributed by atoms with Crippen LogP contribution in [0.4, 0.5) is 5.69 Å². The number of anilines is 1. The van der Waals surface area contributed by atoms with E-state index in [0.717, 1.165) is 0 Å². The Balaban J connectivity index is 1.58. The van der Waals surface area contributed by atoms with Crippen LogP contribution in [-0.2, 0) is 9.59 Å². The van der Waals surface area contributed by atoms with E-state index < -0.39 is 0 Å². The van der Waals surface area contributed by atoms with Crippen LogP contribution in [0.1, 0.15) is 39.7 Å². The van der Waals surface area contributed by atoms with Gasteiger partial charge in [0.2, 0.25) is 11.8 Å². The molecule has 1 fully saturated rings. The summed E-state index contributed by atoms with van der Waals surface area (Å²) in [6, 6.07) is 21.7. The molecule has 3 nitrogen and oxygen atoms in total. The summed E-state index contributed by atoms with van der Waals surface area (Å²) < 4.78 is 0. The van der Waals surface area contributed by atoms with Crippen molar-refractivity contribution in [1.82, 2.24) is 0 Å². The topological polar surface area (TPSA) is 37.4 Å². The Hall–Kier alpha value is -2.91. The van der Waals surface area contributed by atoms with Crippen molar-refractivity contribution in [2.45, 2.75) is 18.8 Å². The third-order valence-electron chi connectivity index (χ3n) is 6.76. The minimum Gasteiger partial charge on any atom is -0.274 e. The molecule has 2 amide bonds. The number of rotatable bonds is 1. The Morgan fingerprint density at radius 3 is 2.00 bits per heavy atom. The summed E-state index contributed by atoms with van der Waals surface area (Å²) >= 11 is 6.16. The molecule has 7 rings (SSSR count). The quantitative estimate of drug-likeness (QED) is 0.537. The van der Waals surface area contributed by atoms with Gasteiger partial charge in [0, 0.05) is 16.9 Å². The summed E-state index contributed by atoms with van der Waals surface area (Å²) in [6.45, 7) is 2.08. The van der Waals surface area contributed by atoms with Gasteiger partial charge in [-0.05, 0) is 47.4 Å². The van der Waals surface area contributed by atoms with Gasteiger partial charge >= 0.3 is 0 Å². The fourth-order valence-corrected chi connectivity index (χ4v) is 5.90. The summed E-state index contributed by atoms with van der Waals surface area (Å²) in [4.78, 5) is 28.6. The lowest BCUT2D eigenvalue weighted by molar-refractivity contribution is -0.122. The molecule has 4 heteroatoms. The number of carbonyl (C=O) groups excluding carboxylic acids is 2. The third-order valence-corrected chi connectivity index (χ3v) is 7.00. The van der Waals surface area contributed by atoms with E-state index in [1.807, 2.05) is 12.1 Å². The molecule has 4 aliphatic rings. The summed E-state index contributed by atoms with van der Waals surface area (Å²) in [7, 11) is 0. The molecule has 4 atom stereocenters. The Labute approximate surface area is 173 Å². The lowest BCUT2D eigenvalue weighted by Crippen LogP contribution is -2.41. The van der Waals surface area contributed by atoms with E-state index in [9.17, 15) is 9.59 Å². The lowest BCUT2D eigenvalue weighted by Gasteiger charge is -2.46. The van der Waals surface area contributed by atoms with Crippen molar-refractivity contribution >= 4 is 29.1 Å². The summed E-state index contributed by atoms with van der Waals surface area (Å²) in [5.74, 6) is -1.13. The van der Waals surface area contributed by atoms with Gasteiger partial charge in [0.25, 0.3) is 0 Å². The Bertz CT molecular complexity index is 1220. The lowest BCUT2D eigenvalue weighted by atomic mass is 9.55. The molecule has 0 radical (unpaired) electrons. The van der Waals surface area contributed by atoms with Crippen LogP contribution in [0.5, 0.6) is 0 Å². The van der Waals surface area contributed by atoms with E-state index in [0.29, 0.717) is 10.7 Å². The average Bonchev–Trinajstić information content (AvgIpc) is 2.99. The van der Waals surface area contributed by atoms with Gasteiger partial charge in [0.1, 0.15) is 0 Å². The van der Waals surface area contributed by atoms with Gasteiger partial charge in [-0.2, -0.15) is 0 Å². The fraction of sp³-hybridized carbons (Fsp3) is 0.200. The zero-order chi connectivity index (χ0) is 19.9. The first-order chi connectivity index (χ1) is 14.1. The standard InChI is InChI=1S/C25H18ClNO2/c1-13-9-10-18-19(11-13)21-17-8-3-2-7-16(17)20(18)22-23(21)25(29)27(24(22)28)15-6-4-5-14(26)12-15/h2-12,20-23H,1H3/t20-,21-,22+,23-/m1/s1. The number of nitrogens with zero attached hydrogens (tertiary/aromatic N) is 1. The monoisotopic (exact) mass is 399 g/mol. The van der Waals surface area contributed by atoms with Crippen molar-refractivity contribution in [3.63, 3.8) is 0 Å². The van der Waals surface area contributed by atoms with Gasteiger partial charge in [-0.15, -0.1) is 0 Å². The van der Waals surface area contributed by atoms with Crippen LogP contribution in [0.3, 0.4) is 0 Å². The minimum atomic E-state index is -0.365. The molecule has 1 heterocycles. The predicted octanol–water partition coefficient (Wildman–Crippen LogP) is 5.05. The first-order valence-corrected chi connectivity index (χ1v) is 10.3. The second-order valence-corrected chi connectivity index (χ2v) is 8.70. The zero-order valence-electron chi connectivity index (χ0n) is 15.8. The van der Waals surface area contributed by atoms with E-state index >= 15 is 0 Å². The van der Waals surface area contributed by atoms with Gasteiger partial charge in [-0.1, -0.05) is 65.7 Å². The van der Waals surface area contributed by atoms with Crippen LogP contribution in [0.2, 0.25) is 5.02 Å². The fourth-order valence-electron chi connectivity index (χ4n) is 5.72. The van der Waals surface area contributed by atoms with Crippen LogP contribution in [0, 0.1) is 18.8 Å². The molecular formula is C25H18ClNO2. The Morgan fingerprint density at radius 2 is 1.34 bits per heavy atom. The average molecular weight is 400 g/mol. The number of benzene rings is 3. The maximum absolute atomic E-state index is 13.6. The molecule has 0 spiro atoms. The molecule has 29 heavy (non-hydrogen) atoms. The number of hydrogen-bond acceptors (Lipinski definition) is 2. The zero-order valence-corrected chi connectivity index (χ0v) is 16.6. The van der Waals surface area contributed by atoms with Crippen LogP contribution in [0.15, 0.2) is 66.7 Å². The highest BCUT2D eigenvalue weighted by Gasteiger charge is 2.61. The molecule has 0 unspecified atom stereocenters. The van der Waals surface area contributed by atoms with Gasteiger partial charge in [-0.3, -0.25) is 9.59 Å². The molecular weight excluding hydrogens is 382 g/mol. The second-order valence-electron chi connectivity index (χ2n) is 8.26. The molecule has 3 aromatic carbocycles. The van der Waals surface area contributed by atoms with Crippen molar-refractivity contribution in [3.8, 4) is 0 Å². The molecule has 0 saturated carbocycles.